The molecule has 0 aliphatic heterocycles. The first-order chi connectivity index (χ1) is 9.33. The highest BCUT2D eigenvalue weighted by Gasteiger charge is 2.10. The average Bonchev–Trinajstić information content (AvgIpc) is 2.36. The van der Waals surface area contributed by atoms with E-state index in [1.165, 1.54) is 16.8 Å². The molecule has 114 valence electrons. The SMILES string of the molecule is CCOCCN(C)c1ccc(CNC(C)(C)C)c(C)c1. The Labute approximate surface area is 124 Å². The Balaban J connectivity index is 2.62. The van der Waals surface area contributed by atoms with E-state index >= 15 is 0 Å². The highest BCUT2D eigenvalue weighted by atomic mass is 16.5. The van der Waals surface area contributed by atoms with Gasteiger partial charge in [-0.3, -0.25) is 0 Å². The topological polar surface area (TPSA) is 24.5 Å². The van der Waals surface area contributed by atoms with E-state index in [4.69, 9.17) is 4.74 Å². The van der Waals surface area contributed by atoms with Crippen LogP contribution in [0.5, 0.6) is 0 Å². The molecule has 0 spiro atoms. The smallest absolute Gasteiger partial charge is 0.0641 e. The zero-order valence-electron chi connectivity index (χ0n) is 13.9. The average molecular weight is 278 g/mol. The molecule has 20 heavy (non-hydrogen) atoms. The minimum atomic E-state index is 0.152. The van der Waals surface area contributed by atoms with Gasteiger partial charge in [0.1, 0.15) is 0 Å². The predicted octanol–water partition coefficient (Wildman–Crippen LogP) is 3.36. The van der Waals surface area contributed by atoms with Gasteiger partial charge in [0.15, 0.2) is 0 Å². The van der Waals surface area contributed by atoms with E-state index in [0.717, 1.165) is 26.3 Å². The normalized spacial score (nSPS) is 11.7. The van der Waals surface area contributed by atoms with Gasteiger partial charge in [-0.1, -0.05) is 6.07 Å². The van der Waals surface area contributed by atoms with Gasteiger partial charge in [-0.2, -0.15) is 0 Å². The second-order valence-corrected chi connectivity index (χ2v) is 6.33. The van der Waals surface area contributed by atoms with Crippen molar-refractivity contribution in [1.29, 1.82) is 0 Å². The number of anilines is 1. The number of likely N-dealkylation sites (N-methyl/N-ethyl adjacent to an activating group) is 1. The van der Waals surface area contributed by atoms with Crippen LogP contribution in [-0.4, -0.2) is 32.3 Å². The number of benzene rings is 1. The Morgan fingerprint density at radius 1 is 1.25 bits per heavy atom. The van der Waals surface area contributed by atoms with E-state index in [0.29, 0.717) is 0 Å². The van der Waals surface area contributed by atoms with Crippen molar-refractivity contribution >= 4 is 5.69 Å². The Bertz CT molecular complexity index is 410. The number of ether oxygens (including phenoxy) is 1. The number of aryl methyl sites for hydroxylation is 1. The first-order valence-electron chi connectivity index (χ1n) is 7.47. The minimum Gasteiger partial charge on any atom is -0.380 e. The fourth-order valence-electron chi connectivity index (χ4n) is 1.95. The van der Waals surface area contributed by atoms with Crippen LogP contribution in [0.1, 0.15) is 38.8 Å². The number of rotatable bonds is 7. The van der Waals surface area contributed by atoms with E-state index in [2.05, 4.69) is 63.2 Å². The van der Waals surface area contributed by atoms with Gasteiger partial charge in [0.25, 0.3) is 0 Å². The van der Waals surface area contributed by atoms with Crippen LogP contribution in [0.3, 0.4) is 0 Å². The Morgan fingerprint density at radius 3 is 2.50 bits per heavy atom. The van der Waals surface area contributed by atoms with Crippen LogP contribution in [0.15, 0.2) is 18.2 Å². The molecule has 1 rings (SSSR count). The summed E-state index contributed by atoms with van der Waals surface area (Å²) in [6.45, 7) is 14.2. The largest absolute Gasteiger partial charge is 0.380 e. The second-order valence-electron chi connectivity index (χ2n) is 6.33. The standard InChI is InChI=1S/C17H30N2O/c1-7-20-11-10-19(6)16-9-8-15(14(2)12-16)13-18-17(3,4)5/h8-9,12,18H,7,10-11,13H2,1-6H3. The number of hydrogen-bond donors (Lipinski definition) is 1. The van der Waals surface area contributed by atoms with Gasteiger partial charge in [-0.05, 0) is 57.9 Å². The van der Waals surface area contributed by atoms with Crippen LogP contribution in [0.25, 0.3) is 0 Å². The highest BCUT2D eigenvalue weighted by molar-refractivity contribution is 5.50. The van der Waals surface area contributed by atoms with Crippen molar-refractivity contribution in [1.82, 2.24) is 5.32 Å². The summed E-state index contributed by atoms with van der Waals surface area (Å²) < 4.78 is 5.40. The number of hydrogen-bond acceptors (Lipinski definition) is 3. The monoisotopic (exact) mass is 278 g/mol. The van der Waals surface area contributed by atoms with Crippen LogP contribution < -0.4 is 10.2 Å². The molecule has 0 atom stereocenters. The lowest BCUT2D eigenvalue weighted by atomic mass is 10.0. The minimum absolute atomic E-state index is 0.152. The quantitative estimate of drug-likeness (QED) is 0.774. The van der Waals surface area contributed by atoms with E-state index < -0.39 is 0 Å². The van der Waals surface area contributed by atoms with Gasteiger partial charge in [-0.25, -0.2) is 0 Å². The molecule has 0 unspecified atom stereocenters. The molecule has 0 amide bonds. The van der Waals surface area contributed by atoms with Crippen molar-refractivity contribution in [3.63, 3.8) is 0 Å². The van der Waals surface area contributed by atoms with Crippen LogP contribution in [-0.2, 0) is 11.3 Å². The summed E-state index contributed by atoms with van der Waals surface area (Å²) in [5.41, 5.74) is 4.10. The Morgan fingerprint density at radius 2 is 1.95 bits per heavy atom. The summed E-state index contributed by atoms with van der Waals surface area (Å²) in [6.07, 6.45) is 0. The molecule has 0 aliphatic carbocycles. The van der Waals surface area contributed by atoms with Gasteiger partial charge in [0, 0.05) is 38.0 Å². The summed E-state index contributed by atoms with van der Waals surface area (Å²) in [6, 6.07) is 6.67. The van der Waals surface area contributed by atoms with Crippen molar-refractivity contribution in [2.45, 2.75) is 46.7 Å². The molecular formula is C17H30N2O. The predicted molar refractivity (Wildman–Crippen MR) is 87.5 cm³/mol. The van der Waals surface area contributed by atoms with Gasteiger partial charge in [0.2, 0.25) is 0 Å². The van der Waals surface area contributed by atoms with E-state index in [1.54, 1.807) is 0 Å². The molecule has 0 aliphatic rings. The van der Waals surface area contributed by atoms with Crippen molar-refractivity contribution in [3.8, 4) is 0 Å². The molecule has 1 aromatic rings. The maximum Gasteiger partial charge on any atom is 0.0641 e. The zero-order valence-corrected chi connectivity index (χ0v) is 13.9. The molecule has 1 aromatic carbocycles. The Kier molecular flexibility index (Phi) is 6.50. The fourth-order valence-corrected chi connectivity index (χ4v) is 1.95. The van der Waals surface area contributed by atoms with E-state index in [1.807, 2.05) is 6.92 Å². The molecule has 0 radical (unpaired) electrons. The lowest BCUT2D eigenvalue weighted by Gasteiger charge is -2.23. The third-order valence-corrected chi connectivity index (χ3v) is 3.35. The van der Waals surface area contributed by atoms with E-state index in [-0.39, 0.29) is 5.54 Å². The zero-order chi connectivity index (χ0) is 15.2. The summed E-state index contributed by atoms with van der Waals surface area (Å²) in [5, 5.41) is 3.54. The van der Waals surface area contributed by atoms with Crippen LogP contribution >= 0.6 is 0 Å². The van der Waals surface area contributed by atoms with E-state index in [9.17, 15) is 0 Å². The van der Waals surface area contributed by atoms with Crippen LogP contribution in [0, 0.1) is 6.92 Å². The third kappa shape index (κ3) is 5.93. The first-order valence-corrected chi connectivity index (χ1v) is 7.47. The molecule has 3 heteroatoms. The number of nitrogens with one attached hydrogen (secondary N) is 1. The second kappa shape index (κ2) is 7.65. The van der Waals surface area contributed by atoms with Gasteiger partial charge < -0.3 is 15.0 Å². The molecule has 3 nitrogen and oxygen atoms in total. The summed E-state index contributed by atoms with van der Waals surface area (Å²) >= 11 is 0. The highest BCUT2D eigenvalue weighted by Crippen LogP contribution is 2.18. The van der Waals surface area contributed by atoms with Crippen molar-refractivity contribution in [3.05, 3.63) is 29.3 Å². The first kappa shape index (κ1) is 17.0. The maximum absolute atomic E-state index is 5.40. The summed E-state index contributed by atoms with van der Waals surface area (Å²) in [7, 11) is 2.11. The Hall–Kier alpha value is -1.06. The molecule has 0 bridgehead atoms. The molecule has 0 saturated heterocycles. The van der Waals surface area contributed by atoms with Crippen LogP contribution in [0.4, 0.5) is 5.69 Å². The summed E-state index contributed by atoms with van der Waals surface area (Å²) in [5.74, 6) is 0. The van der Waals surface area contributed by atoms with Crippen molar-refractivity contribution in [2.24, 2.45) is 0 Å². The maximum atomic E-state index is 5.40. The van der Waals surface area contributed by atoms with Crippen LogP contribution in [0.2, 0.25) is 0 Å². The lowest BCUT2D eigenvalue weighted by molar-refractivity contribution is 0.154. The molecular weight excluding hydrogens is 248 g/mol. The number of nitrogens with zero attached hydrogens (tertiary/aromatic N) is 1. The van der Waals surface area contributed by atoms with Gasteiger partial charge in [0.05, 0.1) is 6.61 Å². The fraction of sp³-hybridized carbons (Fsp3) is 0.647. The molecule has 0 saturated carbocycles. The molecule has 1 N–H and O–H groups in total. The molecule has 0 heterocycles. The van der Waals surface area contributed by atoms with Gasteiger partial charge in [-0.15, -0.1) is 0 Å². The van der Waals surface area contributed by atoms with Crippen molar-refractivity contribution in [2.75, 3.05) is 31.7 Å². The van der Waals surface area contributed by atoms with Gasteiger partial charge >= 0.3 is 0 Å². The molecule has 0 fully saturated rings. The molecule has 0 aromatic heterocycles. The summed E-state index contributed by atoms with van der Waals surface area (Å²) in [4.78, 5) is 2.24. The van der Waals surface area contributed by atoms with Crippen molar-refractivity contribution < 1.29 is 4.74 Å². The third-order valence-electron chi connectivity index (χ3n) is 3.35. The lowest BCUT2D eigenvalue weighted by Crippen LogP contribution is -2.35.